The van der Waals surface area contributed by atoms with Crippen molar-refractivity contribution in [2.45, 2.75) is 27.2 Å². The van der Waals surface area contributed by atoms with Crippen molar-refractivity contribution in [2.75, 3.05) is 24.2 Å². The fraction of sp³-hybridized carbons (Fsp3) is 0.500. The van der Waals surface area contributed by atoms with Crippen molar-refractivity contribution in [3.63, 3.8) is 0 Å². The molecule has 0 radical (unpaired) electrons. The second-order valence-corrected chi connectivity index (χ2v) is 4.72. The lowest BCUT2D eigenvalue weighted by atomic mass is 10.1. The highest BCUT2D eigenvalue weighted by molar-refractivity contribution is 5.91. The molecule has 0 aromatic heterocycles. The van der Waals surface area contributed by atoms with Crippen molar-refractivity contribution in [1.29, 1.82) is 0 Å². The van der Waals surface area contributed by atoms with Gasteiger partial charge in [-0.3, -0.25) is 0 Å². The van der Waals surface area contributed by atoms with Crippen LogP contribution >= 0.6 is 0 Å². The fourth-order valence-electron chi connectivity index (χ4n) is 1.44. The second-order valence-electron chi connectivity index (χ2n) is 4.72. The minimum absolute atomic E-state index is 0.322. The van der Waals surface area contributed by atoms with Crippen LogP contribution in [-0.2, 0) is 4.74 Å². The molecule has 18 heavy (non-hydrogen) atoms. The van der Waals surface area contributed by atoms with Crippen LogP contribution in [0.3, 0.4) is 0 Å². The Morgan fingerprint density at radius 3 is 2.72 bits per heavy atom. The van der Waals surface area contributed by atoms with Crippen LogP contribution < -0.4 is 11.1 Å². The maximum absolute atomic E-state index is 11.7. The third kappa shape index (κ3) is 4.28. The van der Waals surface area contributed by atoms with E-state index in [1.807, 2.05) is 19.9 Å². The van der Waals surface area contributed by atoms with E-state index in [-0.39, 0.29) is 5.97 Å². The molecule has 0 saturated heterocycles. The number of carbonyl (C=O) groups excluding carboxylic acids is 1. The Hall–Kier alpha value is -1.71. The molecule has 0 spiro atoms. The van der Waals surface area contributed by atoms with E-state index in [0.29, 0.717) is 23.8 Å². The Labute approximate surface area is 109 Å². The van der Waals surface area contributed by atoms with Crippen LogP contribution in [0.25, 0.3) is 0 Å². The number of carbonyl (C=O) groups is 1. The summed E-state index contributed by atoms with van der Waals surface area (Å²) in [6.07, 6.45) is 1.03. The normalized spacial score (nSPS) is 10.4. The Kier molecular flexibility index (Phi) is 5.49. The molecule has 100 valence electrons. The molecule has 1 aromatic rings. The highest BCUT2D eigenvalue weighted by Gasteiger charge is 2.10. The zero-order valence-electron chi connectivity index (χ0n) is 11.3. The number of nitrogens with one attached hydrogen (secondary N) is 1. The van der Waals surface area contributed by atoms with Crippen LogP contribution in [0.5, 0.6) is 0 Å². The van der Waals surface area contributed by atoms with Crippen molar-refractivity contribution in [3.8, 4) is 0 Å². The molecule has 0 atom stereocenters. The molecule has 1 rings (SSSR count). The van der Waals surface area contributed by atoms with E-state index in [1.165, 1.54) is 0 Å². The standard InChI is InChI=1S/C14H22N2O2/c1-4-7-16-13-6-5-11(8-12(13)15)14(17)18-9-10(2)3/h5-6,8,10,16H,4,7,9,15H2,1-3H3. The van der Waals surface area contributed by atoms with Crippen LogP contribution in [0.4, 0.5) is 11.4 Å². The summed E-state index contributed by atoms with van der Waals surface area (Å²) in [6.45, 7) is 7.37. The summed E-state index contributed by atoms with van der Waals surface area (Å²) in [7, 11) is 0. The van der Waals surface area contributed by atoms with E-state index < -0.39 is 0 Å². The van der Waals surface area contributed by atoms with Crippen LogP contribution in [-0.4, -0.2) is 19.1 Å². The van der Waals surface area contributed by atoms with Crippen molar-refractivity contribution in [2.24, 2.45) is 5.92 Å². The first-order valence-electron chi connectivity index (χ1n) is 6.35. The van der Waals surface area contributed by atoms with Crippen molar-refractivity contribution in [1.82, 2.24) is 0 Å². The lowest BCUT2D eigenvalue weighted by Crippen LogP contribution is -2.11. The average Bonchev–Trinajstić information content (AvgIpc) is 2.34. The van der Waals surface area contributed by atoms with Gasteiger partial charge < -0.3 is 15.8 Å². The maximum Gasteiger partial charge on any atom is 0.338 e. The monoisotopic (exact) mass is 250 g/mol. The number of benzene rings is 1. The molecule has 4 nitrogen and oxygen atoms in total. The summed E-state index contributed by atoms with van der Waals surface area (Å²) in [5, 5.41) is 3.20. The molecule has 0 bridgehead atoms. The Morgan fingerprint density at radius 2 is 2.17 bits per heavy atom. The molecule has 0 heterocycles. The first kappa shape index (κ1) is 14.4. The van der Waals surface area contributed by atoms with Gasteiger partial charge in [-0.2, -0.15) is 0 Å². The first-order chi connectivity index (χ1) is 8.54. The van der Waals surface area contributed by atoms with Gasteiger partial charge in [0.15, 0.2) is 0 Å². The topological polar surface area (TPSA) is 64.3 Å². The van der Waals surface area contributed by atoms with Gasteiger partial charge in [0.1, 0.15) is 0 Å². The van der Waals surface area contributed by atoms with Crippen LogP contribution in [0, 0.1) is 5.92 Å². The zero-order chi connectivity index (χ0) is 13.5. The SMILES string of the molecule is CCCNc1ccc(C(=O)OCC(C)C)cc1N. The minimum Gasteiger partial charge on any atom is -0.462 e. The number of anilines is 2. The van der Waals surface area contributed by atoms with Gasteiger partial charge in [-0.25, -0.2) is 4.79 Å². The summed E-state index contributed by atoms with van der Waals surface area (Å²) in [4.78, 5) is 11.7. The molecule has 0 aliphatic heterocycles. The quantitative estimate of drug-likeness (QED) is 0.602. The number of hydrogen-bond donors (Lipinski definition) is 2. The molecule has 0 fully saturated rings. The molecular formula is C14H22N2O2. The van der Waals surface area contributed by atoms with E-state index in [0.717, 1.165) is 18.7 Å². The van der Waals surface area contributed by atoms with Gasteiger partial charge in [-0.15, -0.1) is 0 Å². The number of ether oxygens (including phenoxy) is 1. The van der Waals surface area contributed by atoms with Crippen molar-refractivity contribution >= 4 is 17.3 Å². The van der Waals surface area contributed by atoms with Gasteiger partial charge in [0, 0.05) is 6.54 Å². The van der Waals surface area contributed by atoms with Gasteiger partial charge in [0.05, 0.1) is 23.5 Å². The summed E-state index contributed by atoms with van der Waals surface area (Å²) in [5.41, 5.74) is 7.81. The van der Waals surface area contributed by atoms with Gasteiger partial charge in [-0.1, -0.05) is 20.8 Å². The van der Waals surface area contributed by atoms with E-state index >= 15 is 0 Å². The number of rotatable bonds is 6. The smallest absolute Gasteiger partial charge is 0.338 e. The first-order valence-corrected chi connectivity index (χ1v) is 6.35. The predicted octanol–water partition coefficient (Wildman–Crippen LogP) is 2.90. The summed E-state index contributed by atoms with van der Waals surface area (Å²) >= 11 is 0. The molecule has 0 aliphatic carbocycles. The molecule has 3 N–H and O–H groups in total. The molecule has 1 aromatic carbocycles. The van der Waals surface area contributed by atoms with E-state index in [4.69, 9.17) is 10.5 Å². The summed E-state index contributed by atoms with van der Waals surface area (Å²) in [5.74, 6) is 0.00855. The van der Waals surface area contributed by atoms with Crippen molar-refractivity contribution in [3.05, 3.63) is 23.8 Å². The second kappa shape index (κ2) is 6.89. The van der Waals surface area contributed by atoms with Crippen LogP contribution in [0.1, 0.15) is 37.6 Å². The highest BCUT2D eigenvalue weighted by atomic mass is 16.5. The molecule has 0 aliphatic rings. The van der Waals surface area contributed by atoms with Crippen LogP contribution in [0.15, 0.2) is 18.2 Å². The van der Waals surface area contributed by atoms with Gasteiger partial charge in [-0.05, 0) is 30.5 Å². The Morgan fingerprint density at radius 1 is 1.44 bits per heavy atom. The summed E-state index contributed by atoms with van der Waals surface area (Å²) < 4.78 is 5.15. The van der Waals surface area contributed by atoms with Crippen LogP contribution in [0.2, 0.25) is 0 Å². The zero-order valence-corrected chi connectivity index (χ0v) is 11.3. The molecule has 0 saturated carbocycles. The van der Waals surface area contributed by atoms with Gasteiger partial charge in [0.25, 0.3) is 0 Å². The Bertz CT molecular complexity index is 403. The maximum atomic E-state index is 11.7. The third-order valence-electron chi connectivity index (χ3n) is 2.40. The number of esters is 1. The summed E-state index contributed by atoms with van der Waals surface area (Å²) in [6, 6.07) is 5.20. The van der Waals surface area contributed by atoms with Gasteiger partial charge in [0.2, 0.25) is 0 Å². The third-order valence-corrected chi connectivity index (χ3v) is 2.40. The molecule has 0 amide bonds. The lowest BCUT2D eigenvalue weighted by molar-refractivity contribution is 0.0459. The average molecular weight is 250 g/mol. The van der Waals surface area contributed by atoms with E-state index in [9.17, 15) is 4.79 Å². The number of nitrogen functional groups attached to an aromatic ring is 1. The molecule has 0 unspecified atom stereocenters. The Balaban J connectivity index is 2.68. The lowest BCUT2D eigenvalue weighted by Gasteiger charge is -2.11. The number of hydrogen-bond acceptors (Lipinski definition) is 4. The van der Waals surface area contributed by atoms with E-state index in [2.05, 4.69) is 12.2 Å². The molecular weight excluding hydrogens is 228 g/mol. The largest absolute Gasteiger partial charge is 0.462 e. The molecule has 4 heteroatoms. The number of nitrogens with two attached hydrogens (primary N) is 1. The highest BCUT2D eigenvalue weighted by Crippen LogP contribution is 2.20. The van der Waals surface area contributed by atoms with E-state index in [1.54, 1.807) is 12.1 Å². The minimum atomic E-state index is -0.322. The van der Waals surface area contributed by atoms with Gasteiger partial charge >= 0.3 is 5.97 Å². The predicted molar refractivity (Wildman–Crippen MR) is 74.8 cm³/mol. The van der Waals surface area contributed by atoms with Crippen molar-refractivity contribution < 1.29 is 9.53 Å². The fourth-order valence-corrected chi connectivity index (χ4v) is 1.44.